The lowest BCUT2D eigenvalue weighted by molar-refractivity contribution is -0.139. The highest BCUT2D eigenvalue weighted by Crippen LogP contribution is 2.19. The van der Waals surface area contributed by atoms with Crippen molar-refractivity contribution in [2.24, 2.45) is 5.92 Å². The normalized spacial score (nSPS) is 12.3. The van der Waals surface area contributed by atoms with Crippen LogP contribution in [0.15, 0.2) is 12.1 Å². The molecular formula is C13H14ClF2NO3. The number of hydrogen-bond acceptors (Lipinski definition) is 2. The Morgan fingerprint density at radius 3 is 2.40 bits per heavy atom. The number of halogens is 3. The van der Waals surface area contributed by atoms with Crippen molar-refractivity contribution in [3.63, 3.8) is 0 Å². The van der Waals surface area contributed by atoms with Gasteiger partial charge in [0.1, 0.15) is 17.7 Å². The van der Waals surface area contributed by atoms with E-state index in [-0.39, 0.29) is 12.3 Å². The molecule has 0 fully saturated rings. The van der Waals surface area contributed by atoms with Gasteiger partial charge in [0.2, 0.25) is 0 Å². The molecule has 1 atom stereocenters. The number of hydrogen-bond donors (Lipinski definition) is 2. The first-order valence-electron chi connectivity index (χ1n) is 5.90. The van der Waals surface area contributed by atoms with Gasteiger partial charge in [-0.2, -0.15) is 0 Å². The Hall–Kier alpha value is -1.69. The molecule has 4 nitrogen and oxygen atoms in total. The smallest absolute Gasteiger partial charge is 0.326 e. The summed E-state index contributed by atoms with van der Waals surface area (Å²) in [6.07, 6.45) is 0.179. The molecular weight excluding hydrogens is 292 g/mol. The largest absolute Gasteiger partial charge is 0.480 e. The van der Waals surface area contributed by atoms with Crippen LogP contribution in [0.3, 0.4) is 0 Å². The van der Waals surface area contributed by atoms with E-state index in [4.69, 9.17) is 16.7 Å². The average Bonchev–Trinajstić information content (AvgIpc) is 2.32. The number of nitrogens with one attached hydrogen (secondary N) is 1. The molecule has 1 aromatic carbocycles. The standard InChI is InChI=1S/C13H14ClF2NO3/c1-6(2)3-11(13(19)20)17-12(18)7-4-10(16)8(14)5-9(7)15/h4-6,11H,3H2,1-2H3,(H,17,18)(H,19,20). The fourth-order valence-electron chi connectivity index (χ4n) is 1.63. The first kappa shape index (κ1) is 16.4. The van der Waals surface area contributed by atoms with Gasteiger partial charge < -0.3 is 10.4 Å². The molecule has 0 bridgehead atoms. The molecule has 0 aliphatic heterocycles. The molecule has 1 amide bonds. The topological polar surface area (TPSA) is 66.4 Å². The van der Waals surface area contributed by atoms with Crippen molar-refractivity contribution in [3.8, 4) is 0 Å². The number of carbonyl (C=O) groups excluding carboxylic acids is 1. The highest BCUT2D eigenvalue weighted by atomic mass is 35.5. The number of carboxylic acids is 1. The van der Waals surface area contributed by atoms with Crippen molar-refractivity contribution >= 4 is 23.5 Å². The first-order chi connectivity index (χ1) is 9.22. The summed E-state index contributed by atoms with van der Waals surface area (Å²) in [5, 5.41) is 10.7. The Labute approximate surface area is 119 Å². The number of carbonyl (C=O) groups is 2. The molecule has 0 heterocycles. The Morgan fingerprint density at radius 1 is 1.30 bits per heavy atom. The molecule has 1 rings (SSSR count). The van der Waals surface area contributed by atoms with Crippen LogP contribution in [0.5, 0.6) is 0 Å². The van der Waals surface area contributed by atoms with Crippen LogP contribution in [0, 0.1) is 17.6 Å². The Kier molecular flexibility index (Phi) is 5.44. The van der Waals surface area contributed by atoms with Crippen molar-refractivity contribution in [3.05, 3.63) is 34.4 Å². The molecule has 0 spiro atoms. The predicted molar refractivity (Wildman–Crippen MR) is 69.7 cm³/mol. The van der Waals surface area contributed by atoms with E-state index in [2.05, 4.69) is 5.32 Å². The van der Waals surface area contributed by atoms with Gasteiger partial charge in [-0.3, -0.25) is 4.79 Å². The summed E-state index contributed by atoms with van der Waals surface area (Å²) in [6.45, 7) is 3.56. The molecule has 0 aliphatic rings. The van der Waals surface area contributed by atoms with Crippen molar-refractivity contribution in [2.45, 2.75) is 26.3 Å². The van der Waals surface area contributed by atoms with Gasteiger partial charge in [-0.05, 0) is 24.5 Å². The van der Waals surface area contributed by atoms with E-state index >= 15 is 0 Å². The predicted octanol–water partition coefficient (Wildman–Crippen LogP) is 2.85. The van der Waals surface area contributed by atoms with Crippen LogP contribution in [0.1, 0.15) is 30.6 Å². The fraction of sp³-hybridized carbons (Fsp3) is 0.385. The molecule has 110 valence electrons. The van der Waals surface area contributed by atoms with Crippen LogP contribution in [0.4, 0.5) is 8.78 Å². The minimum atomic E-state index is -1.23. The number of aliphatic carboxylic acids is 1. The zero-order valence-electron chi connectivity index (χ0n) is 10.9. The van der Waals surface area contributed by atoms with Gasteiger partial charge in [0.25, 0.3) is 5.91 Å². The summed E-state index contributed by atoms with van der Waals surface area (Å²) in [6, 6.07) is 0.145. The number of rotatable bonds is 5. The molecule has 0 saturated carbocycles. The summed E-state index contributed by atoms with van der Waals surface area (Å²) >= 11 is 5.37. The average molecular weight is 306 g/mol. The lowest BCUT2D eigenvalue weighted by atomic mass is 10.0. The van der Waals surface area contributed by atoms with Crippen LogP contribution in [0.25, 0.3) is 0 Å². The SMILES string of the molecule is CC(C)CC(NC(=O)c1cc(F)c(Cl)cc1F)C(=O)O. The minimum absolute atomic E-state index is 0.0169. The molecule has 0 radical (unpaired) electrons. The second-order valence-electron chi connectivity index (χ2n) is 4.74. The fourth-order valence-corrected chi connectivity index (χ4v) is 1.78. The van der Waals surface area contributed by atoms with E-state index in [0.717, 1.165) is 0 Å². The molecule has 20 heavy (non-hydrogen) atoms. The highest BCUT2D eigenvalue weighted by Gasteiger charge is 2.24. The van der Waals surface area contributed by atoms with Crippen LogP contribution >= 0.6 is 11.6 Å². The van der Waals surface area contributed by atoms with E-state index in [1.54, 1.807) is 13.8 Å². The Balaban J connectivity index is 2.95. The van der Waals surface area contributed by atoms with Gasteiger partial charge in [-0.1, -0.05) is 25.4 Å². The zero-order valence-corrected chi connectivity index (χ0v) is 11.7. The first-order valence-corrected chi connectivity index (χ1v) is 6.28. The third-order valence-corrected chi connectivity index (χ3v) is 2.85. The molecule has 2 N–H and O–H groups in total. The quantitative estimate of drug-likeness (QED) is 0.822. The van der Waals surface area contributed by atoms with Gasteiger partial charge in [0, 0.05) is 0 Å². The molecule has 0 aliphatic carbocycles. The second kappa shape index (κ2) is 6.65. The van der Waals surface area contributed by atoms with Gasteiger partial charge in [-0.15, -0.1) is 0 Å². The van der Waals surface area contributed by atoms with Crippen molar-refractivity contribution < 1.29 is 23.5 Å². The van der Waals surface area contributed by atoms with Gasteiger partial charge in [0.05, 0.1) is 10.6 Å². The van der Waals surface area contributed by atoms with Crippen molar-refractivity contribution in [1.29, 1.82) is 0 Å². The lowest BCUT2D eigenvalue weighted by Gasteiger charge is -2.16. The molecule has 0 saturated heterocycles. The van der Waals surface area contributed by atoms with Crippen LogP contribution in [0.2, 0.25) is 5.02 Å². The minimum Gasteiger partial charge on any atom is -0.480 e. The maximum Gasteiger partial charge on any atom is 0.326 e. The zero-order chi connectivity index (χ0) is 15.4. The maximum atomic E-state index is 13.5. The van der Waals surface area contributed by atoms with E-state index < -0.39 is 40.1 Å². The Bertz CT molecular complexity index is 535. The summed E-state index contributed by atoms with van der Waals surface area (Å²) in [4.78, 5) is 22.8. The summed E-state index contributed by atoms with van der Waals surface area (Å²) in [5.74, 6) is -4.17. The van der Waals surface area contributed by atoms with E-state index in [1.165, 1.54) is 0 Å². The van der Waals surface area contributed by atoms with Gasteiger partial charge in [-0.25, -0.2) is 13.6 Å². The second-order valence-corrected chi connectivity index (χ2v) is 5.15. The highest BCUT2D eigenvalue weighted by molar-refractivity contribution is 6.30. The molecule has 1 aromatic rings. The monoisotopic (exact) mass is 305 g/mol. The Morgan fingerprint density at radius 2 is 1.90 bits per heavy atom. The number of amides is 1. The third-order valence-electron chi connectivity index (χ3n) is 2.57. The van der Waals surface area contributed by atoms with E-state index in [1.807, 2.05) is 0 Å². The van der Waals surface area contributed by atoms with Crippen molar-refractivity contribution in [2.75, 3.05) is 0 Å². The maximum absolute atomic E-state index is 13.5. The summed E-state index contributed by atoms with van der Waals surface area (Å²) in [5.41, 5.74) is -0.582. The number of carboxylic acid groups (broad SMARTS) is 1. The van der Waals surface area contributed by atoms with Gasteiger partial charge in [0.15, 0.2) is 0 Å². The van der Waals surface area contributed by atoms with E-state index in [9.17, 15) is 18.4 Å². The summed E-state index contributed by atoms with van der Waals surface area (Å²) < 4.78 is 26.8. The van der Waals surface area contributed by atoms with Crippen LogP contribution in [-0.4, -0.2) is 23.0 Å². The lowest BCUT2D eigenvalue weighted by Crippen LogP contribution is -2.42. The summed E-state index contributed by atoms with van der Waals surface area (Å²) in [7, 11) is 0. The molecule has 7 heteroatoms. The van der Waals surface area contributed by atoms with Gasteiger partial charge >= 0.3 is 5.97 Å². The molecule has 0 aromatic heterocycles. The van der Waals surface area contributed by atoms with Crippen LogP contribution in [-0.2, 0) is 4.79 Å². The molecule has 1 unspecified atom stereocenters. The number of benzene rings is 1. The third kappa shape index (κ3) is 4.16. The van der Waals surface area contributed by atoms with Crippen molar-refractivity contribution in [1.82, 2.24) is 5.32 Å². The van der Waals surface area contributed by atoms with E-state index in [0.29, 0.717) is 12.1 Å². The van der Waals surface area contributed by atoms with Crippen LogP contribution < -0.4 is 5.32 Å².